The summed E-state index contributed by atoms with van der Waals surface area (Å²) in [6, 6.07) is 0. The second kappa shape index (κ2) is 25.1. The van der Waals surface area contributed by atoms with Gasteiger partial charge in [-0.05, 0) is 60.8 Å². The smallest absolute Gasteiger partial charge is 0.0406 e. The molecule has 0 aromatic carbocycles. The minimum absolute atomic E-state index is 0.0239. The molecule has 0 aromatic heterocycles. The minimum atomic E-state index is -2.15. The third-order valence-electron chi connectivity index (χ3n) is 8.27. The highest BCUT2D eigenvalue weighted by atomic mass is 32.3. The van der Waals surface area contributed by atoms with Gasteiger partial charge in [0, 0.05) is 18.0 Å². The van der Waals surface area contributed by atoms with E-state index >= 15 is 0 Å². The van der Waals surface area contributed by atoms with Crippen molar-refractivity contribution in [3.63, 3.8) is 0 Å². The van der Waals surface area contributed by atoms with E-state index in [2.05, 4.69) is 59.2 Å². The van der Waals surface area contributed by atoms with Crippen LogP contribution < -0.4 is 5.32 Å². The fourth-order valence-electron chi connectivity index (χ4n) is 5.26. The van der Waals surface area contributed by atoms with Crippen molar-refractivity contribution in [3.05, 3.63) is 59.2 Å². The zero-order valence-electron chi connectivity index (χ0n) is 30.3. The molecule has 2 fully saturated rings. The number of nitrogens with one attached hydrogen (secondary N) is 1. The van der Waals surface area contributed by atoms with Gasteiger partial charge in [0.25, 0.3) is 0 Å². The van der Waals surface area contributed by atoms with Crippen LogP contribution in [0.5, 0.6) is 0 Å². The fourth-order valence-corrected chi connectivity index (χ4v) is 7.26. The lowest BCUT2D eigenvalue weighted by Crippen LogP contribution is -2.22. The van der Waals surface area contributed by atoms with Gasteiger partial charge < -0.3 is 5.32 Å². The topological polar surface area (TPSA) is 12.0 Å². The van der Waals surface area contributed by atoms with E-state index in [0.29, 0.717) is 12.3 Å². The van der Waals surface area contributed by atoms with Crippen LogP contribution in [-0.4, -0.2) is 18.6 Å². The van der Waals surface area contributed by atoms with Crippen LogP contribution in [-0.2, 0) is 0 Å². The van der Waals surface area contributed by atoms with Crippen molar-refractivity contribution in [2.45, 2.75) is 153 Å². The lowest BCUT2D eigenvalue weighted by Gasteiger charge is -2.34. The molecule has 2 saturated carbocycles. The van der Waals surface area contributed by atoms with Crippen molar-refractivity contribution in [3.8, 4) is 0 Å². The van der Waals surface area contributed by atoms with Crippen LogP contribution in [0.2, 0.25) is 0 Å². The Bertz CT molecular complexity index is 780. The molecule has 0 spiro atoms. The molecule has 1 atom stereocenters. The van der Waals surface area contributed by atoms with E-state index in [9.17, 15) is 3.89 Å². The molecule has 2 aliphatic carbocycles. The van der Waals surface area contributed by atoms with E-state index in [1.165, 1.54) is 89.0 Å². The lowest BCUT2D eigenvalue weighted by atomic mass is 9.86. The van der Waals surface area contributed by atoms with Crippen LogP contribution in [0.25, 0.3) is 0 Å². The van der Waals surface area contributed by atoms with E-state index in [4.69, 9.17) is 0 Å². The molecular formula is C39H74FNS. The zero-order chi connectivity index (χ0) is 32.6. The van der Waals surface area contributed by atoms with Crippen molar-refractivity contribution in [1.82, 2.24) is 5.32 Å². The van der Waals surface area contributed by atoms with E-state index in [1.807, 2.05) is 46.1 Å². The molecule has 0 bridgehead atoms. The highest BCUT2D eigenvalue weighted by molar-refractivity contribution is 8.31. The van der Waals surface area contributed by atoms with Crippen molar-refractivity contribution < 1.29 is 3.89 Å². The first-order valence-corrected chi connectivity index (χ1v) is 19.5. The maximum atomic E-state index is 14.6. The predicted molar refractivity (Wildman–Crippen MR) is 197 cm³/mol. The summed E-state index contributed by atoms with van der Waals surface area (Å²) in [4.78, 5) is 0. The Labute approximate surface area is 266 Å². The van der Waals surface area contributed by atoms with Crippen LogP contribution in [0.1, 0.15) is 153 Å². The van der Waals surface area contributed by atoms with E-state index in [0.717, 1.165) is 28.7 Å². The van der Waals surface area contributed by atoms with Gasteiger partial charge in [-0.25, -0.2) is 0 Å². The van der Waals surface area contributed by atoms with Crippen molar-refractivity contribution in [2.75, 3.05) is 18.6 Å². The van der Waals surface area contributed by atoms with Crippen LogP contribution in [0.15, 0.2) is 59.2 Å². The number of hydrogen-bond acceptors (Lipinski definition) is 1. The van der Waals surface area contributed by atoms with Gasteiger partial charge in [0.15, 0.2) is 0 Å². The predicted octanol–water partition coefficient (Wildman–Crippen LogP) is 13.8. The standard InChI is InChI=1S/C17H28FNS.C9H18.C8H16.C3H6.C2H6/c1-8-13(2)14(3)19-10-15-9-16(17(4,5)6)12-20(7,18)11-15;1-2-9-7-5-3-4-6-8-9;1-8-6-4-2-3-5-7-8;1-3-2;1-2/h8-9,11,19H,3,10,12H2,1-2,4-7H3;9H,2-8H2,1H3;8H,2-7H2,1H3;3H,1H2,2H3;1-2H3/b13-8+;;;;. The summed E-state index contributed by atoms with van der Waals surface area (Å²) in [5.74, 6) is 2.67. The number of rotatable bonds is 5. The summed E-state index contributed by atoms with van der Waals surface area (Å²) in [5.41, 5.74) is 4.28. The molecule has 0 saturated heterocycles. The zero-order valence-corrected chi connectivity index (χ0v) is 31.1. The number of hydrogen-bond donors (Lipinski definition) is 1. The molecule has 0 radical (unpaired) electrons. The minimum Gasteiger partial charge on any atom is -0.381 e. The highest BCUT2D eigenvalue weighted by Crippen LogP contribution is 2.54. The Morgan fingerprint density at radius 3 is 1.83 bits per heavy atom. The van der Waals surface area contributed by atoms with Crippen molar-refractivity contribution in [1.29, 1.82) is 0 Å². The van der Waals surface area contributed by atoms with Crippen molar-refractivity contribution >= 4 is 10.4 Å². The molecule has 1 heterocycles. The molecule has 1 unspecified atom stereocenters. The summed E-state index contributed by atoms with van der Waals surface area (Å²) in [5, 5.41) is 5.10. The normalized spacial score (nSPS) is 23.3. The van der Waals surface area contributed by atoms with Gasteiger partial charge in [-0.2, -0.15) is 3.89 Å². The molecular weight excluding hydrogens is 534 g/mol. The summed E-state index contributed by atoms with van der Waals surface area (Å²) in [7, 11) is -2.15. The average Bonchev–Trinajstić information content (AvgIpc) is 3.37. The lowest BCUT2D eigenvalue weighted by molar-refractivity contribution is 0.446. The Morgan fingerprint density at radius 1 is 0.976 bits per heavy atom. The van der Waals surface area contributed by atoms with E-state index in [-0.39, 0.29) is 5.41 Å². The van der Waals surface area contributed by atoms with Gasteiger partial charge in [-0.3, -0.25) is 0 Å². The first-order valence-electron chi connectivity index (χ1n) is 17.3. The second-order valence-corrected chi connectivity index (χ2v) is 16.0. The molecule has 3 heteroatoms. The number of allylic oxidation sites excluding steroid dienone is 3. The van der Waals surface area contributed by atoms with E-state index in [1.54, 1.807) is 12.3 Å². The summed E-state index contributed by atoms with van der Waals surface area (Å²) < 4.78 is 14.6. The molecule has 0 amide bonds. The van der Waals surface area contributed by atoms with Crippen LogP contribution in [0.3, 0.4) is 0 Å². The van der Waals surface area contributed by atoms with Crippen molar-refractivity contribution in [2.24, 2.45) is 17.3 Å². The van der Waals surface area contributed by atoms with Gasteiger partial charge in [-0.1, -0.05) is 173 Å². The van der Waals surface area contributed by atoms with Gasteiger partial charge in [0.1, 0.15) is 0 Å². The Morgan fingerprint density at radius 2 is 1.43 bits per heavy atom. The molecule has 42 heavy (non-hydrogen) atoms. The fraction of sp³-hybridized carbons (Fsp3) is 0.744. The number of halogens is 1. The van der Waals surface area contributed by atoms with Gasteiger partial charge in [0.05, 0.1) is 0 Å². The average molecular weight is 608 g/mol. The first-order chi connectivity index (χ1) is 19.8. The van der Waals surface area contributed by atoms with Crippen LogP contribution >= 0.6 is 10.4 Å². The molecule has 248 valence electrons. The Kier molecular flexibility index (Phi) is 25.7. The van der Waals surface area contributed by atoms with Crippen LogP contribution in [0, 0.1) is 17.3 Å². The SMILES string of the molecule is C=C(NCC1=CS(C)(F)CC(C(C)(C)C)=C1)/C(C)=C/C.C=CC.CC.CC1CCCCCC1.CCC1CCCCCC1. The maximum Gasteiger partial charge on any atom is 0.0406 e. The molecule has 1 aliphatic heterocycles. The molecule has 1 N–H and O–H groups in total. The van der Waals surface area contributed by atoms with Gasteiger partial charge in [0.2, 0.25) is 0 Å². The Hall–Kier alpha value is -1.22. The maximum absolute atomic E-state index is 14.6. The third-order valence-corrected chi connectivity index (χ3v) is 9.94. The molecule has 3 rings (SSSR count). The largest absolute Gasteiger partial charge is 0.381 e. The quantitative estimate of drug-likeness (QED) is 0.186. The third kappa shape index (κ3) is 22.3. The van der Waals surface area contributed by atoms with Gasteiger partial charge >= 0.3 is 0 Å². The van der Waals surface area contributed by atoms with E-state index < -0.39 is 10.4 Å². The molecule has 0 aromatic rings. The summed E-state index contributed by atoms with van der Waals surface area (Å²) in [6.07, 6.45) is 27.0. The summed E-state index contributed by atoms with van der Waals surface area (Å²) >= 11 is 0. The first kappa shape index (κ1) is 42.9. The second-order valence-electron chi connectivity index (χ2n) is 13.4. The highest BCUT2D eigenvalue weighted by Gasteiger charge is 2.28. The Balaban J connectivity index is 0. The molecule has 1 nitrogen and oxygen atoms in total. The molecule has 3 aliphatic rings. The van der Waals surface area contributed by atoms with Gasteiger partial charge in [-0.15, -0.1) is 6.58 Å². The van der Waals surface area contributed by atoms with Crippen LogP contribution in [0.4, 0.5) is 3.89 Å². The monoisotopic (exact) mass is 608 g/mol. The summed E-state index contributed by atoms with van der Waals surface area (Å²) in [6.45, 7) is 29.0.